The highest BCUT2D eigenvalue weighted by Gasteiger charge is 2.30. The summed E-state index contributed by atoms with van der Waals surface area (Å²) in [6, 6.07) is 6.01. The summed E-state index contributed by atoms with van der Waals surface area (Å²) in [6.07, 6.45) is 3.92. The molecule has 2 saturated heterocycles. The fraction of sp³-hybridized carbons (Fsp3) is 0.600. The van der Waals surface area contributed by atoms with Crippen molar-refractivity contribution in [3.05, 3.63) is 29.6 Å². The lowest BCUT2D eigenvalue weighted by Crippen LogP contribution is -2.55. The van der Waals surface area contributed by atoms with Crippen LogP contribution >= 0.6 is 0 Å². The van der Waals surface area contributed by atoms with E-state index >= 15 is 0 Å². The Kier molecular flexibility index (Phi) is 3.25. The number of benzene rings is 1. The molecule has 1 aromatic carbocycles. The first-order valence-corrected chi connectivity index (χ1v) is 7.00. The van der Waals surface area contributed by atoms with Gasteiger partial charge in [0, 0.05) is 25.7 Å². The minimum atomic E-state index is -0.0701. The van der Waals surface area contributed by atoms with Gasteiger partial charge in [0.2, 0.25) is 0 Å². The zero-order valence-electron chi connectivity index (χ0n) is 11.0. The number of piperazine rings is 1. The number of rotatable bonds is 1. The Bertz CT molecular complexity index is 412. The van der Waals surface area contributed by atoms with E-state index in [9.17, 15) is 4.39 Å². The lowest BCUT2D eigenvalue weighted by Gasteiger charge is -2.45. The van der Waals surface area contributed by atoms with Gasteiger partial charge < -0.3 is 4.90 Å². The number of piperidine rings is 1. The molecule has 0 radical (unpaired) electrons. The quantitative estimate of drug-likeness (QED) is 0.754. The van der Waals surface area contributed by atoms with E-state index in [1.807, 2.05) is 13.0 Å². The van der Waals surface area contributed by atoms with Crippen molar-refractivity contribution in [3.8, 4) is 0 Å². The van der Waals surface area contributed by atoms with Crippen LogP contribution in [0.5, 0.6) is 0 Å². The summed E-state index contributed by atoms with van der Waals surface area (Å²) in [5.74, 6) is -0.0701. The average Bonchev–Trinajstić information content (AvgIpc) is 2.38. The second-order valence-electron chi connectivity index (χ2n) is 5.54. The van der Waals surface area contributed by atoms with Crippen LogP contribution in [0, 0.1) is 12.7 Å². The molecule has 3 heteroatoms. The monoisotopic (exact) mass is 248 g/mol. The standard InChI is InChI=1S/C15H21FN2/c1-12-5-4-7-14(16)15(12)18-10-9-17-8-3-2-6-13(17)11-18/h4-5,7,13H,2-3,6,8-11H2,1H3. The summed E-state index contributed by atoms with van der Waals surface area (Å²) in [5, 5.41) is 0. The van der Waals surface area contributed by atoms with Gasteiger partial charge >= 0.3 is 0 Å². The van der Waals surface area contributed by atoms with Crippen LogP contribution in [-0.4, -0.2) is 37.1 Å². The van der Waals surface area contributed by atoms with Gasteiger partial charge in [-0.05, 0) is 37.9 Å². The first-order chi connectivity index (χ1) is 8.75. The second kappa shape index (κ2) is 4.88. The van der Waals surface area contributed by atoms with Crippen molar-refractivity contribution >= 4 is 5.69 Å². The number of hydrogen-bond donors (Lipinski definition) is 0. The van der Waals surface area contributed by atoms with Gasteiger partial charge in [0.1, 0.15) is 5.82 Å². The fourth-order valence-corrected chi connectivity index (χ4v) is 3.38. The van der Waals surface area contributed by atoms with Crippen molar-refractivity contribution < 1.29 is 4.39 Å². The van der Waals surface area contributed by atoms with Crippen LogP contribution in [0.4, 0.5) is 10.1 Å². The number of nitrogens with zero attached hydrogens (tertiary/aromatic N) is 2. The molecule has 1 atom stereocenters. The molecule has 0 spiro atoms. The summed E-state index contributed by atoms with van der Waals surface area (Å²) in [5.41, 5.74) is 1.88. The van der Waals surface area contributed by atoms with E-state index in [0.717, 1.165) is 30.9 Å². The second-order valence-corrected chi connectivity index (χ2v) is 5.54. The Labute approximate surface area is 108 Å². The number of aryl methyl sites for hydroxylation is 1. The number of anilines is 1. The molecule has 1 aromatic rings. The Hall–Kier alpha value is -1.09. The third-order valence-corrected chi connectivity index (χ3v) is 4.34. The Morgan fingerprint density at radius 1 is 1.17 bits per heavy atom. The summed E-state index contributed by atoms with van der Waals surface area (Å²) >= 11 is 0. The number of fused-ring (bicyclic) bond motifs is 1. The van der Waals surface area contributed by atoms with Crippen LogP contribution in [-0.2, 0) is 0 Å². The van der Waals surface area contributed by atoms with Crippen molar-refractivity contribution in [2.45, 2.75) is 32.2 Å². The van der Waals surface area contributed by atoms with Crippen molar-refractivity contribution in [3.63, 3.8) is 0 Å². The molecule has 98 valence electrons. The fourth-order valence-electron chi connectivity index (χ4n) is 3.38. The molecule has 2 heterocycles. The predicted octanol–water partition coefficient (Wildman–Crippen LogP) is 2.81. The lowest BCUT2D eigenvalue weighted by molar-refractivity contribution is 0.133. The maximum atomic E-state index is 14.0. The van der Waals surface area contributed by atoms with Crippen LogP contribution in [0.2, 0.25) is 0 Å². The highest BCUT2D eigenvalue weighted by Crippen LogP contribution is 2.29. The van der Waals surface area contributed by atoms with Gasteiger partial charge in [-0.3, -0.25) is 4.90 Å². The smallest absolute Gasteiger partial charge is 0.146 e. The van der Waals surface area contributed by atoms with E-state index in [2.05, 4.69) is 9.80 Å². The molecular weight excluding hydrogens is 227 g/mol. The Morgan fingerprint density at radius 3 is 2.89 bits per heavy atom. The van der Waals surface area contributed by atoms with E-state index in [1.54, 1.807) is 12.1 Å². The predicted molar refractivity (Wildman–Crippen MR) is 72.6 cm³/mol. The summed E-state index contributed by atoms with van der Waals surface area (Å²) in [7, 11) is 0. The zero-order valence-corrected chi connectivity index (χ0v) is 11.0. The first-order valence-electron chi connectivity index (χ1n) is 7.00. The Morgan fingerprint density at radius 2 is 2.06 bits per heavy atom. The minimum absolute atomic E-state index is 0.0701. The molecule has 2 aliphatic heterocycles. The molecule has 0 N–H and O–H groups in total. The van der Waals surface area contributed by atoms with Gasteiger partial charge in [0.15, 0.2) is 0 Å². The lowest BCUT2D eigenvalue weighted by atomic mass is 9.98. The number of halogens is 1. The van der Waals surface area contributed by atoms with E-state index in [-0.39, 0.29) is 5.82 Å². The van der Waals surface area contributed by atoms with Gasteiger partial charge in [0.25, 0.3) is 0 Å². The van der Waals surface area contributed by atoms with Crippen molar-refractivity contribution in [1.82, 2.24) is 4.90 Å². The van der Waals surface area contributed by atoms with Crippen LogP contribution in [0.3, 0.4) is 0 Å². The van der Waals surface area contributed by atoms with Gasteiger partial charge in [-0.15, -0.1) is 0 Å². The summed E-state index contributed by atoms with van der Waals surface area (Å²) < 4.78 is 14.0. The molecule has 0 amide bonds. The highest BCUT2D eigenvalue weighted by molar-refractivity contribution is 5.54. The van der Waals surface area contributed by atoms with Crippen LogP contribution in [0.25, 0.3) is 0 Å². The molecule has 0 bridgehead atoms. The normalized spacial score (nSPS) is 25.0. The first kappa shape index (κ1) is 12.0. The maximum absolute atomic E-state index is 14.0. The molecule has 3 rings (SSSR count). The van der Waals surface area contributed by atoms with E-state index in [1.165, 1.54) is 25.8 Å². The van der Waals surface area contributed by atoms with E-state index in [4.69, 9.17) is 0 Å². The molecule has 2 aliphatic rings. The zero-order chi connectivity index (χ0) is 12.5. The van der Waals surface area contributed by atoms with E-state index < -0.39 is 0 Å². The minimum Gasteiger partial charge on any atom is -0.366 e. The average molecular weight is 248 g/mol. The van der Waals surface area contributed by atoms with Gasteiger partial charge in [-0.25, -0.2) is 4.39 Å². The van der Waals surface area contributed by atoms with Crippen LogP contribution < -0.4 is 4.90 Å². The van der Waals surface area contributed by atoms with Gasteiger partial charge in [-0.1, -0.05) is 18.6 Å². The van der Waals surface area contributed by atoms with Gasteiger partial charge in [0.05, 0.1) is 5.69 Å². The van der Waals surface area contributed by atoms with Crippen molar-refractivity contribution in [2.75, 3.05) is 31.1 Å². The summed E-state index contributed by atoms with van der Waals surface area (Å²) in [6.45, 7) is 6.26. The molecular formula is C15H21FN2. The number of para-hydroxylation sites is 1. The molecule has 0 saturated carbocycles. The van der Waals surface area contributed by atoms with Gasteiger partial charge in [-0.2, -0.15) is 0 Å². The summed E-state index contributed by atoms with van der Waals surface area (Å²) in [4.78, 5) is 4.83. The van der Waals surface area contributed by atoms with E-state index in [0.29, 0.717) is 6.04 Å². The Balaban J connectivity index is 1.81. The van der Waals surface area contributed by atoms with Crippen LogP contribution in [0.1, 0.15) is 24.8 Å². The number of hydrogen-bond acceptors (Lipinski definition) is 2. The maximum Gasteiger partial charge on any atom is 0.146 e. The SMILES string of the molecule is Cc1cccc(F)c1N1CCN2CCCCC2C1. The highest BCUT2D eigenvalue weighted by atomic mass is 19.1. The third kappa shape index (κ3) is 2.12. The molecule has 1 unspecified atom stereocenters. The van der Waals surface area contributed by atoms with Crippen molar-refractivity contribution in [1.29, 1.82) is 0 Å². The topological polar surface area (TPSA) is 6.48 Å². The molecule has 2 nitrogen and oxygen atoms in total. The third-order valence-electron chi connectivity index (χ3n) is 4.34. The van der Waals surface area contributed by atoms with Crippen LogP contribution in [0.15, 0.2) is 18.2 Å². The molecule has 0 aliphatic carbocycles. The molecule has 0 aromatic heterocycles. The molecule has 18 heavy (non-hydrogen) atoms. The van der Waals surface area contributed by atoms with Crippen molar-refractivity contribution in [2.24, 2.45) is 0 Å². The molecule has 2 fully saturated rings. The largest absolute Gasteiger partial charge is 0.366 e.